The van der Waals surface area contributed by atoms with E-state index in [9.17, 15) is 10.1 Å². The standard InChI is InChI=1S/C32H32ClN5O3/c1-32(2,3)41-31(39)38-15-14-37(18-21(38)12-13-34)30-28-26(35-19-36-30)17-24(23-10-6-16-40-29(23)28)22-9-4-7-20-8-5-11-25(33)27(20)22/h4-5,7-9,11,17,19,21H,6,10,12,14-16,18H2,1-3H3/t21-/m0/s1. The van der Waals surface area contributed by atoms with Crippen molar-refractivity contribution in [3.8, 4) is 22.9 Å². The molecule has 0 spiro atoms. The summed E-state index contributed by atoms with van der Waals surface area (Å²) < 4.78 is 12.0. The molecular weight excluding hydrogens is 538 g/mol. The van der Waals surface area contributed by atoms with Crippen molar-refractivity contribution in [3.63, 3.8) is 0 Å². The first kappa shape index (κ1) is 27.1. The van der Waals surface area contributed by atoms with Gasteiger partial charge in [0.25, 0.3) is 0 Å². The number of amides is 1. The van der Waals surface area contributed by atoms with Crippen LogP contribution in [0.3, 0.4) is 0 Å². The highest BCUT2D eigenvalue weighted by atomic mass is 35.5. The van der Waals surface area contributed by atoms with Gasteiger partial charge in [-0.2, -0.15) is 5.26 Å². The second kappa shape index (κ2) is 10.7. The number of fused-ring (bicyclic) bond motifs is 4. The molecular formula is C32H32ClN5O3. The quantitative estimate of drug-likeness (QED) is 0.269. The van der Waals surface area contributed by atoms with Crippen LogP contribution in [0.2, 0.25) is 5.02 Å². The minimum atomic E-state index is -0.614. The third-order valence-corrected chi connectivity index (χ3v) is 7.98. The summed E-state index contributed by atoms with van der Waals surface area (Å²) in [7, 11) is 0. The maximum absolute atomic E-state index is 13.0. The zero-order valence-electron chi connectivity index (χ0n) is 23.5. The number of aromatic nitrogens is 2. The lowest BCUT2D eigenvalue weighted by molar-refractivity contribution is 0.0145. The number of hydrogen-bond acceptors (Lipinski definition) is 7. The molecule has 0 radical (unpaired) electrons. The van der Waals surface area contributed by atoms with Crippen LogP contribution in [0, 0.1) is 11.3 Å². The number of nitrogens with zero attached hydrogens (tertiary/aromatic N) is 5. The Morgan fingerprint density at radius 2 is 1.95 bits per heavy atom. The van der Waals surface area contributed by atoms with Gasteiger partial charge in [-0.05, 0) is 62.3 Å². The van der Waals surface area contributed by atoms with Gasteiger partial charge in [0, 0.05) is 35.6 Å². The monoisotopic (exact) mass is 569 g/mol. The zero-order chi connectivity index (χ0) is 28.7. The Morgan fingerprint density at radius 3 is 2.73 bits per heavy atom. The fraction of sp³-hybridized carbons (Fsp3) is 0.375. The molecule has 3 heterocycles. The van der Waals surface area contributed by atoms with Gasteiger partial charge in [-0.1, -0.05) is 41.9 Å². The zero-order valence-corrected chi connectivity index (χ0v) is 24.2. The first-order chi connectivity index (χ1) is 19.7. The number of benzene rings is 3. The Hall–Kier alpha value is -4.09. The fourth-order valence-electron chi connectivity index (χ4n) is 5.93. The lowest BCUT2D eigenvalue weighted by atomic mass is 9.89. The van der Waals surface area contributed by atoms with Crippen molar-refractivity contribution in [3.05, 3.63) is 59.4 Å². The highest BCUT2D eigenvalue weighted by Crippen LogP contribution is 2.45. The largest absolute Gasteiger partial charge is 0.492 e. The Labute approximate surface area is 244 Å². The van der Waals surface area contributed by atoms with Crippen LogP contribution in [0.1, 0.15) is 39.2 Å². The smallest absolute Gasteiger partial charge is 0.410 e. The average molecular weight is 570 g/mol. The number of ether oxygens (including phenoxy) is 2. The van der Waals surface area contributed by atoms with Crippen LogP contribution in [0.15, 0.2) is 48.8 Å². The summed E-state index contributed by atoms with van der Waals surface area (Å²) in [4.78, 5) is 26.2. The minimum Gasteiger partial charge on any atom is -0.492 e. The third-order valence-electron chi connectivity index (χ3n) is 7.66. The van der Waals surface area contributed by atoms with Crippen LogP contribution in [-0.4, -0.2) is 58.8 Å². The molecule has 0 bridgehead atoms. The summed E-state index contributed by atoms with van der Waals surface area (Å²) in [5.41, 5.74) is 3.40. The molecule has 210 valence electrons. The Kier molecular flexibility index (Phi) is 7.08. The van der Waals surface area contributed by atoms with Crippen molar-refractivity contribution in [1.29, 1.82) is 5.26 Å². The summed E-state index contributed by atoms with van der Waals surface area (Å²) in [6.45, 7) is 7.56. The normalized spacial score (nSPS) is 17.2. The van der Waals surface area contributed by atoms with Gasteiger partial charge in [-0.15, -0.1) is 0 Å². The molecule has 0 N–H and O–H groups in total. The maximum Gasteiger partial charge on any atom is 0.410 e. The molecule has 0 unspecified atom stereocenters. The predicted molar refractivity (Wildman–Crippen MR) is 160 cm³/mol. The topological polar surface area (TPSA) is 91.6 Å². The summed E-state index contributed by atoms with van der Waals surface area (Å²) in [6, 6.07) is 16.2. The first-order valence-corrected chi connectivity index (χ1v) is 14.4. The highest BCUT2D eigenvalue weighted by molar-refractivity contribution is 6.36. The number of carbonyl (C=O) groups excluding carboxylic acids is 1. The molecule has 8 nitrogen and oxygen atoms in total. The van der Waals surface area contributed by atoms with E-state index in [-0.39, 0.29) is 12.5 Å². The van der Waals surface area contributed by atoms with Crippen molar-refractivity contribution in [2.24, 2.45) is 0 Å². The number of rotatable bonds is 3. The second-order valence-electron chi connectivity index (χ2n) is 11.6. The molecule has 1 aromatic heterocycles. The van der Waals surface area contributed by atoms with Gasteiger partial charge in [-0.25, -0.2) is 14.8 Å². The van der Waals surface area contributed by atoms with Crippen molar-refractivity contribution in [2.75, 3.05) is 31.1 Å². The Balaban J connectivity index is 1.45. The van der Waals surface area contributed by atoms with Crippen LogP contribution in [-0.2, 0) is 11.2 Å². The molecule has 41 heavy (non-hydrogen) atoms. The van der Waals surface area contributed by atoms with E-state index in [1.807, 2.05) is 32.9 Å². The molecule has 1 atom stereocenters. The number of hydrogen-bond donors (Lipinski definition) is 0. The summed E-state index contributed by atoms with van der Waals surface area (Å²) >= 11 is 6.73. The number of halogens is 1. The molecule has 0 aliphatic carbocycles. The molecule has 1 amide bonds. The van der Waals surface area contributed by atoms with Crippen molar-refractivity contribution >= 4 is 45.2 Å². The van der Waals surface area contributed by atoms with Crippen LogP contribution >= 0.6 is 11.6 Å². The second-order valence-corrected chi connectivity index (χ2v) is 12.0. The molecule has 3 aromatic carbocycles. The van der Waals surface area contributed by atoms with Gasteiger partial charge >= 0.3 is 6.09 Å². The molecule has 2 aliphatic heterocycles. The minimum absolute atomic E-state index is 0.194. The lowest BCUT2D eigenvalue weighted by Crippen LogP contribution is -2.56. The van der Waals surface area contributed by atoms with Gasteiger partial charge < -0.3 is 19.3 Å². The van der Waals surface area contributed by atoms with E-state index in [1.54, 1.807) is 11.2 Å². The van der Waals surface area contributed by atoms with Crippen LogP contribution in [0.5, 0.6) is 5.75 Å². The number of piperazine rings is 1. The van der Waals surface area contributed by atoms with E-state index in [1.165, 1.54) is 0 Å². The summed E-state index contributed by atoms with van der Waals surface area (Å²) in [5.74, 6) is 1.55. The Morgan fingerprint density at radius 1 is 1.15 bits per heavy atom. The molecule has 6 rings (SSSR count). The summed E-state index contributed by atoms with van der Waals surface area (Å²) in [5, 5.41) is 13.2. The molecule has 0 saturated carbocycles. The molecule has 1 saturated heterocycles. The van der Waals surface area contributed by atoms with Crippen LogP contribution in [0.25, 0.3) is 32.8 Å². The van der Waals surface area contributed by atoms with Gasteiger partial charge in [0.1, 0.15) is 23.5 Å². The van der Waals surface area contributed by atoms with E-state index in [0.717, 1.165) is 62.8 Å². The molecule has 2 aliphatic rings. The van der Waals surface area contributed by atoms with E-state index in [0.29, 0.717) is 31.3 Å². The molecule has 9 heteroatoms. The molecule has 4 aromatic rings. The van der Waals surface area contributed by atoms with Gasteiger partial charge in [0.05, 0.1) is 36.0 Å². The Bertz CT molecular complexity index is 1690. The fourth-order valence-corrected chi connectivity index (χ4v) is 6.22. The average Bonchev–Trinajstić information content (AvgIpc) is 2.95. The van der Waals surface area contributed by atoms with E-state index < -0.39 is 11.7 Å². The molecule has 1 fully saturated rings. The highest BCUT2D eigenvalue weighted by Gasteiger charge is 2.35. The maximum atomic E-state index is 13.0. The van der Waals surface area contributed by atoms with Gasteiger partial charge in [0.2, 0.25) is 0 Å². The lowest BCUT2D eigenvalue weighted by Gasteiger charge is -2.41. The van der Waals surface area contributed by atoms with Crippen LogP contribution in [0.4, 0.5) is 10.6 Å². The van der Waals surface area contributed by atoms with Crippen molar-refractivity contribution < 1.29 is 14.3 Å². The predicted octanol–water partition coefficient (Wildman–Crippen LogP) is 6.77. The van der Waals surface area contributed by atoms with Crippen LogP contribution < -0.4 is 9.64 Å². The van der Waals surface area contributed by atoms with Crippen molar-refractivity contribution in [2.45, 2.75) is 51.7 Å². The van der Waals surface area contributed by atoms with E-state index in [4.69, 9.17) is 26.1 Å². The number of nitriles is 1. The summed E-state index contributed by atoms with van der Waals surface area (Å²) in [6.07, 6.45) is 3.14. The van der Waals surface area contributed by atoms with E-state index >= 15 is 0 Å². The number of carbonyl (C=O) groups is 1. The van der Waals surface area contributed by atoms with Gasteiger partial charge in [-0.3, -0.25) is 0 Å². The third kappa shape index (κ3) is 5.11. The van der Waals surface area contributed by atoms with E-state index in [2.05, 4.69) is 46.3 Å². The number of anilines is 1. The SMILES string of the molecule is CC(C)(C)OC(=O)N1CCN(c2ncnc3cc(-c4cccc5cccc(Cl)c45)c4c(c23)OCCC4)C[C@@H]1CC#N. The van der Waals surface area contributed by atoms with Gasteiger partial charge in [0.15, 0.2) is 0 Å². The van der Waals surface area contributed by atoms with Crippen molar-refractivity contribution in [1.82, 2.24) is 14.9 Å². The first-order valence-electron chi connectivity index (χ1n) is 14.0.